The van der Waals surface area contributed by atoms with Crippen molar-refractivity contribution in [3.8, 4) is 0 Å². The van der Waals surface area contributed by atoms with E-state index in [1.165, 1.54) is 0 Å². The lowest BCUT2D eigenvalue weighted by atomic mass is 10.0. The van der Waals surface area contributed by atoms with Crippen molar-refractivity contribution < 1.29 is 8.42 Å². The monoisotopic (exact) mass is 208 g/mol. The van der Waals surface area contributed by atoms with Crippen LogP contribution in [-0.4, -0.2) is 26.8 Å². The maximum atomic E-state index is 10.6. The van der Waals surface area contributed by atoms with Gasteiger partial charge in [-0.15, -0.1) is 0 Å². The molecule has 5 heteroatoms. The first-order valence-corrected chi connectivity index (χ1v) is 6.32. The van der Waals surface area contributed by atoms with Crippen LogP contribution in [0.1, 0.15) is 27.2 Å². The van der Waals surface area contributed by atoms with Gasteiger partial charge in [-0.3, -0.25) is 0 Å². The highest BCUT2D eigenvalue weighted by atomic mass is 32.2. The van der Waals surface area contributed by atoms with Crippen LogP contribution in [0.25, 0.3) is 0 Å². The van der Waals surface area contributed by atoms with Crippen LogP contribution in [0.2, 0.25) is 0 Å². The fourth-order valence-electron chi connectivity index (χ4n) is 1.24. The summed E-state index contributed by atoms with van der Waals surface area (Å²) in [6, 6.07) is 0.377. The van der Waals surface area contributed by atoms with E-state index < -0.39 is 10.0 Å². The molecule has 0 fully saturated rings. The number of nitrogens with two attached hydrogens (primary N) is 1. The molecule has 0 rings (SSSR count). The summed E-state index contributed by atoms with van der Waals surface area (Å²) in [5.74, 6) is 0.529. The van der Waals surface area contributed by atoms with E-state index in [9.17, 15) is 8.42 Å². The lowest BCUT2D eigenvalue weighted by Crippen LogP contribution is -2.37. The zero-order valence-electron chi connectivity index (χ0n) is 8.58. The molecule has 4 nitrogen and oxygen atoms in total. The molecule has 0 amide bonds. The second kappa shape index (κ2) is 5.57. The van der Waals surface area contributed by atoms with E-state index in [2.05, 4.69) is 26.1 Å². The third kappa shape index (κ3) is 6.98. The van der Waals surface area contributed by atoms with E-state index in [1.54, 1.807) is 0 Å². The van der Waals surface area contributed by atoms with Gasteiger partial charge in [0.05, 0.1) is 5.75 Å². The van der Waals surface area contributed by atoms with Gasteiger partial charge in [-0.1, -0.05) is 20.8 Å². The van der Waals surface area contributed by atoms with Crippen molar-refractivity contribution in [2.75, 3.05) is 12.3 Å². The van der Waals surface area contributed by atoms with Gasteiger partial charge in [0, 0.05) is 12.6 Å². The summed E-state index contributed by atoms with van der Waals surface area (Å²) >= 11 is 0. The van der Waals surface area contributed by atoms with Crippen LogP contribution in [0.15, 0.2) is 0 Å². The molecule has 0 radical (unpaired) electrons. The Labute approximate surface area is 80.9 Å². The van der Waals surface area contributed by atoms with Crippen LogP contribution < -0.4 is 10.5 Å². The summed E-state index contributed by atoms with van der Waals surface area (Å²) in [5, 5.41) is 8.04. The van der Waals surface area contributed by atoms with Crippen LogP contribution in [0.5, 0.6) is 0 Å². The molecular formula is C8H20N2O2S. The van der Waals surface area contributed by atoms with Crippen LogP contribution in [-0.2, 0) is 10.0 Å². The third-order valence-corrected chi connectivity index (χ3v) is 2.81. The second-order valence-electron chi connectivity index (χ2n) is 3.58. The highest BCUT2D eigenvalue weighted by Gasteiger charge is 2.10. The van der Waals surface area contributed by atoms with Crippen LogP contribution in [0.4, 0.5) is 0 Å². The first-order valence-electron chi connectivity index (χ1n) is 4.60. The molecule has 0 bridgehead atoms. The van der Waals surface area contributed by atoms with E-state index in [1.807, 2.05) is 0 Å². The molecule has 1 unspecified atom stereocenters. The minimum Gasteiger partial charge on any atom is -0.313 e. The molecule has 0 aromatic carbocycles. The quantitative estimate of drug-likeness (QED) is 0.659. The average molecular weight is 208 g/mol. The van der Waals surface area contributed by atoms with Crippen molar-refractivity contribution in [2.45, 2.75) is 33.2 Å². The smallest absolute Gasteiger partial charge is 0.210 e. The molecule has 0 aliphatic heterocycles. The highest BCUT2D eigenvalue weighted by Crippen LogP contribution is 2.04. The van der Waals surface area contributed by atoms with Gasteiger partial charge in [-0.25, -0.2) is 13.6 Å². The first-order chi connectivity index (χ1) is 5.87. The summed E-state index contributed by atoms with van der Waals surface area (Å²) in [5.41, 5.74) is 0. The van der Waals surface area contributed by atoms with Crippen LogP contribution in [0, 0.1) is 5.92 Å². The molecule has 0 saturated carbocycles. The molecule has 0 aromatic rings. The van der Waals surface area contributed by atoms with Gasteiger partial charge in [-0.2, -0.15) is 0 Å². The number of hydrogen-bond acceptors (Lipinski definition) is 3. The van der Waals surface area contributed by atoms with Gasteiger partial charge < -0.3 is 5.32 Å². The lowest BCUT2D eigenvalue weighted by Gasteiger charge is -2.20. The van der Waals surface area contributed by atoms with Crippen molar-refractivity contribution in [2.24, 2.45) is 11.1 Å². The molecule has 3 N–H and O–H groups in total. The van der Waals surface area contributed by atoms with Crippen molar-refractivity contribution in [3.05, 3.63) is 0 Å². The molecular weight excluding hydrogens is 188 g/mol. The van der Waals surface area contributed by atoms with E-state index in [0.29, 0.717) is 18.5 Å². The molecule has 80 valence electrons. The summed E-state index contributed by atoms with van der Waals surface area (Å²) in [7, 11) is -3.32. The Morgan fingerprint density at radius 3 is 2.23 bits per heavy atom. The highest BCUT2D eigenvalue weighted by molar-refractivity contribution is 7.89. The topological polar surface area (TPSA) is 72.2 Å². The van der Waals surface area contributed by atoms with Gasteiger partial charge in [0.2, 0.25) is 10.0 Å². The molecule has 0 aliphatic carbocycles. The molecule has 13 heavy (non-hydrogen) atoms. The minimum atomic E-state index is -3.32. The predicted octanol–water partition coefficient (Wildman–Crippen LogP) is 0.299. The summed E-state index contributed by atoms with van der Waals surface area (Å²) in [6.07, 6.45) is 1.00. The van der Waals surface area contributed by atoms with E-state index >= 15 is 0 Å². The number of hydrogen-bond donors (Lipinski definition) is 2. The predicted molar refractivity (Wildman–Crippen MR) is 54.9 cm³/mol. The lowest BCUT2D eigenvalue weighted by molar-refractivity contribution is 0.397. The Hall–Kier alpha value is -0.130. The number of sulfonamides is 1. The fraction of sp³-hybridized carbons (Fsp3) is 1.00. The Morgan fingerprint density at radius 1 is 1.38 bits per heavy atom. The zero-order chi connectivity index (χ0) is 10.5. The maximum Gasteiger partial charge on any atom is 0.210 e. The fourth-order valence-corrected chi connectivity index (χ4v) is 1.64. The average Bonchev–Trinajstić information content (AvgIpc) is 1.95. The van der Waals surface area contributed by atoms with Crippen molar-refractivity contribution in [1.82, 2.24) is 5.32 Å². The third-order valence-electron chi connectivity index (χ3n) is 2.04. The van der Waals surface area contributed by atoms with Crippen molar-refractivity contribution in [1.29, 1.82) is 0 Å². The van der Waals surface area contributed by atoms with E-state index in [-0.39, 0.29) is 5.75 Å². The molecule has 1 atom stereocenters. The zero-order valence-corrected chi connectivity index (χ0v) is 9.39. The van der Waals surface area contributed by atoms with Crippen molar-refractivity contribution >= 4 is 10.0 Å². The van der Waals surface area contributed by atoms with Gasteiger partial charge in [0.1, 0.15) is 0 Å². The molecule has 0 aliphatic rings. The number of nitrogens with one attached hydrogen (secondary N) is 1. The first kappa shape index (κ1) is 12.9. The second-order valence-corrected chi connectivity index (χ2v) is 5.31. The number of rotatable bonds is 6. The van der Waals surface area contributed by atoms with Crippen LogP contribution in [0.3, 0.4) is 0 Å². The Bertz CT molecular complexity index is 224. The Kier molecular flexibility index (Phi) is 5.51. The standard InChI is InChI=1S/C8H20N2O2S/c1-4-8(7(2)3)10-5-6-13(9,11)12/h7-8,10H,4-6H2,1-3H3,(H2,9,11,12). The molecule has 0 aromatic heterocycles. The Morgan fingerprint density at radius 2 is 1.92 bits per heavy atom. The maximum absolute atomic E-state index is 10.6. The summed E-state index contributed by atoms with van der Waals surface area (Å²) < 4.78 is 21.2. The van der Waals surface area contributed by atoms with Gasteiger partial charge in [0.15, 0.2) is 0 Å². The summed E-state index contributed by atoms with van der Waals surface area (Å²) in [6.45, 7) is 6.74. The molecule has 0 spiro atoms. The van der Waals surface area contributed by atoms with E-state index in [4.69, 9.17) is 5.14 Å². The molecule has 0 heterocycles. The SMILES string of the molecule is CCC(NCCS(N)(=O)=O)C(C)C. The van der Waals surface area contributed by atoms with Gasteiger partial charge >= 0.3 is 0 Å². The van der Waals surface area contributed by atoms with Crippen molar-refractivity contribution in [3.63, 3.8) is 0 Å². The van der Waals surface area contributed by atoms with Crippen LogP contribution >= 0.6 is 0 Å². The van der Waals surface area contributed by atoms with Gasteiger partial charge in [-0.05, 0) is 12.3 Å². The minimum absolute atomic E-state index is 0.0101. The largest absolute Gasteiger partial charge is 0.313 e. The Balaban J connectivity index is 3.74. The normalized spacial score (nSPS) is 14.8. The summed E-state index contributed by atoms with van der Waals surface area (Å²) in [4.78, 5) is 0. The van der Waals surface area contributed by atoms with Gasteiger partial charge in [0.25, 0.3) is 0 Å². The van der Waals surface area contributed by atoms with E-state index in [0.717, 1.165) is 6.42 Å². The number of primary sulfonamides is 1. The molecule has 0 saturated heterocycles.